The zero-order valence-corrected chi connectivity index (χ0v) is 9.81. The Morgan fingerprint density at radius 2 is 1.92 bits per heavy atom. The highest BCUT2D eigenvalue weighted by atomic mass is 28.4. The molecule has 0 spiro atoms. The summed E-state index contributed by atoms with van der Waals surface area (Å²) in [5.74, 6) is 0.428. The number of hydrogen-bond donors (Lipinski definition) is 0. The van der Waals surface area contributed by atoms with E-state index in [-0.39, 0.29) is 5.97 Å². The smallest absolute Gasteiger partial charge is 0.292 e. The summed E-state index contributed by atoms with van der Waals surface area (Å²) < 4.78 is 5.31. The van der Waals surface area contributed by atoms with Gasteiger partial charge < -0.3 is 4.43 Å². The van der Waals surface area contributed by atoms with E-state index in [4.69, 9.17) is 4.43 Å². The van der Waals surface area contributed by atoms with Crippen molar-refractivity contribution in [2.24, 2.45) is 5.92 Å². The zero-order chi connectivity index (χ0) is 9.78. The Kier molecular flexibility index (Phi) is 4.53. The molecule has 0 aromatic carbocycles. The lowest BCUT2D eigenvalue weighted by Gasteiger charge is -2.18. The molecule has 0 aliphatic heterocycles. The standard InChI is InChI=1S/C9H20O2Si/c1-6-8(2)7-9(10)11-12(3,4)5/h8H,6-7H2,1-5H3. The van der Waals surface area contributed by atoms with Crippen LogP contribution >= 0.6 is 0 Å². The molecular weight excluding hydrogens is 168 g/mol. The van der Waals surface area contributed by atoms with Crippen LogP contribution < -0.4 is 0 Å². The number of rotatable bonds is 4. The highest BCUT2D eigenvalue weighted by Gasteiger charge is 2.20. The molecule has 0 bridgehead atoms. The van der Waals surface area contributed by atoms with Crippen molar-refractivity contribution in [1.29, 1.82) is 0 Å². The van der Waals surface area contributed by atoms with E-state index >= 15 is 0 Å². The van der Waals surface area contributed by atoms with Gasteiger partial charge in [-0.05, 0) is 25.6 Å². The van der Waals surface area contributed by atoms with Crippen molar-refractivity contribution in [3.8, 4) is 0 Å². The van der Waals surface area contributed by atoms with Gasteiger partial charge in [-0.3, -0.25) is 4.79 Å². The summed E-state index contributed by atoms with van der Waals surface area (Å²) in [7, 11) is -1.65. The molecule has 0 aromatic heterocycles. The Hall–Kier alpha value is -0.313. The van der Waals surface area contributed by atoms with Crippen LogP contribution in [0.4, 0.5) is 0 Å². The number of carbonyl (C=O) groups is 1. The second-order valence-corrected chi connectivity index (χ2v) is 8.73. The number of carbonyl (C=O) groups excluding carboxylic acids is 1. The van der Waals surface area contributed by atoms with E-state index in [1.54, 1.807) is 0 Å². The predicted octanol–water partition coefficient (Wildman–Crippen LogP) is 2.80. The van der Waals surface area contributed by atoms with Crippen LogP contribution in [0.3, 0.4) is 0 Å². The van der Waals surface area contributed by atoms with E-state index in [0.717, 1.165) is 6.42 Å². The van der Waals surface area contributed by atoms with Gasteiger partial charge in [0, 0.05) is 6.42 Å². The van der Waals surface area contributed by atoms with Crippen LogP contribution in [0.2, 0.25) is 19.6 Å². The minimum atomic E-state index is -1.65. The molecule has 0 saturated heterocycles. The number of hydrogen-bond acceptors (Lipinski definition) is 2. The molecule has 1 unspecified atom stereocenters. The highest BCUT2D eigenvalue weighted by Crippen LogP contribution is 2.11. The largest absolute Gasteiger partial charge is 0.520 e. The van der Waals surface area contributed by atoms with Gasteiger partial charge in [0.1, 0.15) is 0 Å². The Morgan fingerprint density at radius 1 is 1.42 bits per heavy atom. The molecule has 12 heavy (non-hydrogen) atoms. The Labute approximate surface area is 76.4 Å². The maximum Gasteiger partial charge on any atom is 0.292 e. The molecule has 0 radical (unpaired) electrons. The van der Waals surface area contributed by atoms with Crippen LogP contribution in [0, 0.1) is 5.92 Å². The molecule has 0 N–H and O–H groups in total. The van der Waals surface area contributed by atoms with Gasteiger partial charge in [-0.25, -0.2) is 0 Å². The molecule has 0 aromatic rings. The van der Waals surface area contributed by atoms with Gasteiger partial charge in [0.05, 0.1) is 0 Å². The molecule has 0 heterocycles. The molecule has 0 rings (SSSR count). The van der Waals surface area contributed by atoms with Crippen molar-refractivity contribution in [3.05, 3.63) is 0 Å². The normalized spacial score (nSPS) is 14.1. The minimum absolute atomic E-state index is 0.0245. The summed E-state index contributed by atoms with van der Waals surface area (Å²) in [5.41, 5.74) is 0. The van der Waals surface area contributed by atoms with Crippen LogP contribution in [-0.2, 0) is 9.22 Å². The summed E-state index contributed by atoms with van der Waals surface area (Å²) in [6.07, 6.45) is 1.61. The fourth-order valence-electron chi connectivity index (χ4n) is 0.812. The molecule has 3 heteroatoms. The molecule has 0 saturated carbocycles. The van der Waals surface area contributed by atoms with Crippen LogP contribution in [0.15, 0.2) is 0 Å². The van der Waals surface area contributed by atoms with E-state index in [1.807, 2.05) is 19.6 Å². The third kappa shape index (κ3) is 6.40. The first-order valence-corrected chi connectivity index (χ1v) is 7.98. The average molecular weight is 188 g/mol. The first-order chi connectivity index (χ1) is 5.35. The maximum absolute atomic E-state index is 11.2. The van der Waals surface area contributed by atoms with Gasteiger partial charge in [0.15, 0.2) is 0 Å². The maximum atomic E-state index is 11.2. The molecule has 1 atom stereocenters. The van der Waals surface area contributed by atoms with Crippen molar-refractivity contribution < 1.29 is 9.22 Å². The second-order valence-electron chi connectivity index (χ2n) is 4.30. The summed E-state index contributed by atoms with van der Waals surface area (Å²) in [6, 6.07) is 0. The first kappa shape index (κ1) is 11.7. The van der Waals surface area contributed by atoms with Crippen molar-refractivity contribution in [1.82, 2.24) is 0 Å². The third-order valence-corrected chi connectivity index (χ3v) is 2.47. The van der Waals surface area contributed by atoms with Crippen molar-refractivity contribution in [3.63, 3.8) is 0 Å². The van der Waals surface area contributed by atoms with Gasteiger partial charge in [-0.15, -0.1) is 0 Å². The molecule has 0 aliphatic carbocycles. The van der Waals surface area contributed by atoms with E-state index < -0.39 is 8.32 Å². The third-order valence-electron chi connectivity index (χ3n) is 1.63. The molecule has 0 amide bonds. The second kappa shape index (κ2) is 4.65. The van der Waals surface area contributed by atoms with Crippen LogP contribution in [-0.4, -0.2) is 14.3 Å². The fourth-order valence-corrected chi connectivity index (χ4v) is 1.58. The zero-order valence-electron chi connectivity index (χ0n) is 8.81. The van der Waals surface area contributed by atoms with Crippen LogP contribution in [0.25, 0.3) is 0 Å². The van der Waals surface area contributed by atoms with E-state index in [9.17, 15) is 4.79 Å². The SMILES string of the molecule is CCC(C)CC(=O)O[Si](C)(C)C. The summed E-state index contributed by atoms with van der Waals surface area (Å²) in [4.78, 5) is 11.2. The van der Waals surface area contributed by atoms with Gasteiger partial charge >= 0.3 is 0 Å². The first-order valence-electron chi connectivity index (χ1n) is 4.57. The molecule has 2 nitrogen and oxygen atoms in total. The van der Waals surface area contributed by atoms with Crippen LogP contribution in [0.5, 0.6) is 0 Å². The van der Waals surface area contributed by atoms with Crippen LogP contribution in [0.1, 0.15) is 26.7 Å². The predicted molar refractivity (Wildman–Crippen MR) is 53.5 cm³/mol. The fraction of sp³-hybridized carbons (Fsp3) is 0.889. The van der Waals surface area contributed by atoms with Gasteiger partial charge in [0.25, 0.3) is 5.97 Å². The summed E-state index contributed by atoms with van der Waals surface area (Å²) in [6.45, 7) is 10.3. The quantitative estimate of drug-likeness (QED) is 0.634. The van der Waals surface area contributed by atoms with E-state index in [1.165, 1.54) is 0 Å². The van der Waals surface area contributed by atoms with Crippen molar-refractivity contribution in [2.45, 2.75) is 46.3 Å². The Balaban J connectivity index is 3.75. The lowest BCUT2D eigenvalue weighted by Crippen LogP contribution is -2.29. The molecule has 72 valence electrons. The Bertz CT molecular complexity index is 149. The summed E-state index contributed by atoms with van der Waals surface area (Å²) in [5, 5.41) is 0. The van der Waals surface area contributed by atoms with E-state index in [0.29, 0.717) is 12.3 Å². The van der Waals surface area contributed by atoms with Gasteiger partial charge in [0.2, 0.25) is 8.32 Å². The molecule has 0 aliphatic rings. The van der Waals surface area contributed by atoms with Crippen molar-refractivity contribution >= 4 is 14.3 Å². The topological polar surface area (TPSA) is 26.3 Å². The Morgan fingerprint density at radius 3 is 2.25 bits per heavy atom. The lowest BCUT2D eigenvalue weighted by atomic mass is 10.1. The van der Waals surface area contributed by atoms with Crippen molar-refractivity contribution in [2.75, 3.05) is 0 Å². The summed E-state index contributed by atoms with van der Waals surface area (Å²) >= 11 is 0. The van der Waals surface area contributed by atoms with Gasteiger partial charge in [-0.1, -0.05) is 20.3 Å². The van der Waals surface area contributed by atoms with E-state index in [2.05, 4.69) is 13.8 Å². The van der Waals surface area contributed by atoms with Gasteiger partial charge in [-0.2, -0.15) is 0 Å². The average Bonchev–Trinajstić information content (AvgIpc) is 1.82. The molecular formula is C9H20O2Si. The molecule has 0 fully saturated rings. The minimum Gasteiger partial charge on any atom is -0.520 e. The highest BCUT2D eigenvalue weighted by molar-refractivity contribution is 6.71. The lowest BCUT2D eigenvalue weighted by molar-refractivity contribution is -0.136. The monoisotopic (exact) mass is 188 g/mol.